The molecule has 0 aliphatic carbocycles. The van der Waals surface area contributed by atoms with Crippen molar-refractivity contribution in [2.45, 2.75) is 18.7 Å². The molecule has 25 heavy (non-hydrogen) atoms. The molecule has 0 aromatic heterocycles. The van der Waals surface area contributed by atoms with Gasteiger partial charge in [0, 0.05) is 39.3 Å². The molecule has 1 aliphatic heterocycles. The zero-order chi connectivity index (χ0) is 18.3. The van der Waals surface area contributed by atoms with E-state index >= 15 is 0 Å². The van der Waals surface area contributed by atoms with Crippen molar-refractivity contribution in [2.75, 3.05) is 52.4 Å². The highest BCUT2D eigenvalue weighted by Gasteiger charge is 2.28. The van der Waals surface area contributed by atoms with Gasteiger partial charge < -0.3 is 10.6 Å². The Kier molecular flexibility index (Phi) is 7.37. The lowest BCUT2D eigenvalue weighted by atomic mass is 10.2. The monoisotopic (exact) mass is 368 g/mol. The second kappa shape index (κ2) is 9.28. The van der Waals surface area contributed by atoms with Crippen LogP contribution in [0.2, 0.25) is 0 Å². The van der Waals surface area contributed by atoms with E-state index < -0.39 is 10.0 Å². The predicted molar refractivity (Wildman–Crippen MR) is 97.9 cm³/mol. The van der Waals surface area contributed by atoms with Crippen LogP contribution in [0.25, 0.3) is 0 Å². The number of hydrogen-bond acceptors (Lipinski definition) is 5. The number of hydrogen-bond donors (Lipinski definition) is 2. The third kappa shape index (κ3) is 5.78. The fourth-order valence-electron chi connectivity index (χ4n) is 2.71. The van der Waals surface area contributed by atoms with Crippen LogP contribution in [0.1, 0.15) is 12.5 Å². The molecule has 1 aromatic rings. The summed E-state index contributed by atoms with van der Waals surface area (Å²) in [4.78, 5) is 14.2. The van der Waals surface area contributed by atoms with Gasteiger partial charge in [0.15, 0.2) is 0 Å². The Bertz CT molecular complexity index is 653. The number of nitrogens with one attached hydrogen (secondary N) is 2. The van der Waals surface area contributed by atoms with Crippen LogP contribution < -0.4 is 10.6 Å². The molecule has 0 spiro atoms. The summed E-state index contributed by atoms with van der Waals surface area (Å²) < 4.78 is 26.8. The smallest absolute Gasteiger partial charge is 0.243 e. The number of likely N-dealkylation sites (N-methyl/N-ethyl adjacent to an activating group) is 1. The van der Waals surface area contributed by atoms with Crippen molar-refractivity contribution < 1.29 is 13.2 Å². The molecular formula is C17H28N4O3S. The molecule has 0 unspecified atom stereocenters. The molecule has 0 bridgehead atoms. The average Bonchev–Trinajstić information content (AvgIpc) is 2.60. The Morgan fingerprint density at radius 3 is 2.32 bits per heavy atom. The molecule has 0 atom stereocenters. The minimum Gasteiger partial charge on any atom is -0.354 e. The van der Waals surface area contributed by atoms with Crippen molar-refractivity contribution in [2.24, 2.45) is 0 Å². The van der Waals surface area contributed by atoms with E-state index in [1.807, 2.05) is 18.7 Å². The van der Waals surface area contributed by atoms with Gasteiger partial charge in [0.05, 0.1) is 11.4 Å². The molecule has 2 N–H and O–H groups in total. The van der Waals surface area contributed by atoms with Gasteiger partial charge in [-0.1, -0.05) is 24.6 Å². The summed E-state index contributed by atoms with van der Waals surface area (Å²) in [6.07, 6.45) is 0. The summed E-state index contributed by atoms with van der Waals surface area (Å²) in [6.45, 7) is 8.43. The van der Waals surface area contributed by atoms with Crippen molar-refractivity contribution >= 4 is 15.9 Å². The molecule has 1 fully saturated rings. The second-order valence-corrected chi connectivity index (χ2v) is 8.13. The van der Waals surface area contributed by atoms with Gasteiger partial charge in [-0.05, 0) is 25.6 Å². The van der Waals surface area contributed by atoms with E-state index in [0.29, 0.717) is 44.2 Å². The quantitative estimate of drug-likeness (QED) is 0.633. The Morgan fingerprint density at radius 2 is 1.72 bits per heavy atom. The summed E-state index contributed by atoms with van der Waals surface area (Å²) in [5.74, 6) is -0.0206. The van der Waals surface area contributed by atoms with Crippen LogP contribution in [0.5, 0.6) is 0 Å². The van der Waals surface area contributed by atoms with Crippen LogP contribution in [-0.4, -0.2) is 75.9 Å². The van der Waals surface area contributed by atoms with Crippen LogP contribution in [0, 0.1) is 6.92 Å². The molecule has 8 heteroatoms. The Labute approximate surface area is 150 Å². The molecule has 1 amide bonds. The zero-order valence-corrected chi connectivity index (χ0v) is 15.8. The number of nitrogens with zero attached hydrogens (tertiary/aromatic N) is 2. The van der Waals surface area contributed by atoms with E-state index in [1.54, 1.807) is 24.3 Å². The first-order chi connectivity index (χ1) is 11.9. The summed E-state index contributed by atoms with van der Waals surface area (Å²) >= 11 is 0. The Morgan fingerprint density at radius 1 is 1.08 bits per heavy atom. The van der Waals surface area contributed by atoms with E-state index in [2.05, 4.69) is 10.6 Å². The maximum absolute atomic E-state index is 12.7. The summed E-state index contributed by atoms with van der Waals surface area (Å²) in [5, 5.41) is 6.01. The van der Waals surface area contributed by atoms with Crippen molar-refractivity contribution in [1.82, 2.24) is 19.8 Å². The van der Waals surface area contributed by atoms with E-state index in [0.717, 1.165) is 18.7 Å². The van der Waals surface area contributed by atoms with Gasteiger partial charge in [-0.3, -0.25) is 9.69 Å². The average molecular weight is 369 g/mol. The standard InChI is InChI=1S/C17H28N4O3S/c1-3-18-8-9-19-17(22)14-20-10-12-21(13-11-20)25(23,24)16-6-4-15(2)5-7-16/h4-7,18H,3,8-14H2,1-2H3,(H,19,22). The lowest BCUT2D eigenvalue weighted by molar-refractivity contribution is -0.122. The fraction of sp³-hybridized carbons (Fsp3) is 0.588. The number of piperazine rings is 1. The van der Waals surface area contributed by atoms with Gasteiger partial charge in [-0.25, -0.2) is 8.42 Å². The lowest BCUT2D eigenvalue weighted by Gasteiger charge is -2.33. The van der Waals surface area contributed by atoms with E-state index in [9.17, 15) is 13.2 Å². The van der Waals surface area contributed by atoms with Crippen LogP contribution in [0.4, 0.5) is 0 Å². The Balaban J connectivity index is 1.81. The minimum absolute atomic E-state index is 0.0206. The molecule has 0 saturated carbocycles. The third-order valence-electron chi connectivity index (χ3n) is 4.23. The largest absolute Gasteiger partial charge is 0.354 e. The number of amides is 1. The number of rotatable bonds is 8. The molecule has 1 saturated heterocycles. The highest BCUT2D eigenvalue weighted by molar-refractivity contribution is 7.89. The number of sulfonamides is 1. The molecule has 1 aliphatic rings. The normalized spacial score (nSPS) is 16.7. The first kappa shape index (κ1) is 19.8. The topological polar surface area (TPSA) is 81.8 Å². The van der Waals surface area contributed by atoms with Crippen LogP contribution in [0.3, 0.4) is 0 Å². The fourth-order valence-corrected chi connectivity index (χ4v) is 4.14. The van der Waals surface area contributed by atoms with Gasteiger partial charge in [-0.2, -0.15) is 4.31 Å². The predicted octanol–water partition coefficient (Wildman–Crippen LogP) is 0.0270. The minimum atomic E-state index is -3.45. The molecule has 1 aromatic carbocycles. The highest BCUT2D eigenvalue weighted by Crippen LogP contribution is 2.18. The molecular weight excluding hydrogens is 340 g/mol. The maximum Gasteiger partial charge on any atom is 0.243 e. The van der Waals surface area contributed by atoms with E-state index in [1.165, 1.54) is 4.31 Å². The van der Waals surface area contributed by atoms with Crippen molar-refractivity contribution in [1.29, 1.82) is 0 Å². The van der Waals surface area contributed by atoms with Gasteiger partial charge in [0.1, 0.15) is 0 Å². The van der Waals surface area contributed by atoms with Crippen molar-refractivity contribution in [3.05, 3.63) is 29.8 Å². The summed E-state index contributed by atoms with van der Waals surface area (Å²) in [7, 11) is -3.45. The summed E-state index contributed by atoms with van der Waals surface area (Å²) in [6, 6.07) is 6.91. The van der Waals surface area contributed by atoms with E-state index in [-0.39, 0.29) is 5.91 Å². The number of aryl methyl sites for hydroxylation is 1. The molecule has 7 nitrogen and oxygen atoms in total. The second-order valence-electron chi connectivity index (χ2n) is 6.20. The molecule has 140 valence electrons. The number of carbonyl (C=O) groups is 1. The number of carbonyl (C=O) groups excluding carboxylic acids is 1. The van der Waals surface area contributed by atoms with Crippen molar-refractivity contribution in [3.63, 3.8) is 0 Å². The van der Waals surface area contributed by atoms with Gasteiger partial charge in [0.2, 0.25) is 15.9 Å². The van der Waals surface area contributed by atoms with Gasteiger partial charge >= 0.3 is 0 Å². The first-order valence-electron chi connectivity index (χ1n) is 8.70. The third-order valence-corrected chi connectivity index (χ3v) is 6.14. The SMILES string of the molecule is CCNCCNC(=O)CN1CCN(S(=O)(=O)c2ccc(C)cc2)CC1. The van der Waals surface area contributed by atoms with E-state index in [4.69, 9.17) is 0 Å². The maximum atomic E-state index is 12.7. The van der Waals surface area contributed by atoms with Crippen molar-refractivity contribution in [3.8, 4) is 0 Å². The highest BCUT2D eigenvalue weighted by atomic mass is 32.2. The molecule has 2 rings (SSSR count). The van der Waals surface area contributed by atoms with Crippen LogP contribution >= 0.6 is 0 Å². The Hall–Kier alpha value is -1.48. The molecule has 0 radical (unpaired) electrons. The van der Waals surface area contributed by atoms with Gasteiger partial charge in [-0.15, -0.1) is 0 Å². The summed E-state index contributed by atoms with van der Waals surface area (Å²) in [5.41, 5.74) is 1.03. The van der Waals surface area contributed by atoms with Crippen LogP contribution in [-0.2, 0) is 14.8 Å². The van der Waals surface area contributed by atoms with Crippen LogP contribution in [0.15, 0.2) is 29.2 Å². The molecule has 1 heterocycles. The number of benzene rings is 1. The van der Waals surface area contributed by atoms with Gasteiger partial charge in [0.25, 0.3) is 0 Å². The lowest BCUT2D eigenvalue weighted by Crippen LogP contribution is -2.51. The first-order valence-corrected chi connectivity index (χ1v) is 10.1. The zero-order valence-electron chi connectivity index (χ0n) is 15.0.